The number of alkyl halides is 5. The van der Waals surface area contributed by atoms with Gasteiger partial charge in [0.2, 0.25) is 6.20 Å². The highest BCUT2D eigenvalue weighted by Gasteiger charge is 2.59. The van der Waals surface area contributed by atoms with Crippen LogP contribution in [0.15, 0.2) is 17.2 Å². The van der Waals surface area contributed by atoms with Crippen LogP contribution in [-0.4, -0.2) is 23.1 Å². The van der Waals surface area contributed by atoms with E-state index in [4.69, 9.17) is 0 Å². The second-order valence-electron chi connectivity index (χ2n) is 4.84. The molecule has 0 aliphatic heterocycles. The Balaban J connectivity index is 2.37. The first-order valence-electron chi connectivity index (χ1n) is 6.38. The maximum atomic E-state index is 13.2. The van der Waals surface area contributed by atoms with Crippen molar-refractivity contribution in [3.8, 4) is 0 Å². The summed E-state index contributed by atoms with van der Waals surface area (Å²) < 4.78 is 63.6. The van der Waals surface area contributed by atoms with Gasteiger partial charge in [-0.3, -0.25) is 5.21 Å². The van der Waals surface area contributed by atoms with Crippen molar-refractivity contribution in [3.63, 3.8) is 0 Å². The van der Waals surface area contributed by atoms with Crippen LogP contribution in [0.5, 0.6) is 0 Å². The molecule has 0 saturated heterocycles. The third-order valence-electron chi connectivity index (χ3n) is 3.11. The smallest absolute Gasteiger partial charge is 0.285 e. The van der Waals surface area contributed by atoms with Crippen LogP contribution in [0.25, 0.3) is 0 Å². The Morgan fingerprint density at radius 1 is 1.33 bits per heavy atom. The van der Waals surface area contributed by atoms with E-state index in [9.17, 15) is 27.2 Å². The Morgan fingerprint density at radius 2 is 1.95 bits per heavy atom. The van der Waals surface area contributed by atoms with E-state index in [0.29, 0.717) is 10.5 Å². The molecule has 1 radical (unpaired) electrons. The van der Waals surface area contributed by atoms with E-state index in [2.05, 4.69) is 0 Å². The predicted octanol–water partition coefficient (Wildman–Crippen LogP) is 3.95. The van der Waals surface area contributed by atoms with Crippen molar-refractivity contribution in [1.82, 2.24) is 0 Å². The Hall–Kier alpha value is -1.05. The van der Waals surface area contributed by atoms with Gasteiger partial charge in [-0.15, -0.1) is 11.8 Å². The zero-order chi connectivity index (χ0) is 15.8. The van der Waals surface area contributed by atoms with Crippen molar-refractivity contribution in [2.75, 3.05) is 5.75 Å². The number of pyridine rings is 1. The fourth-order valence-electron chi connectivity index (χ4n) is 1.89. The first kappa shape index (κ1) is 16.3. The number of hydrogen-bond donors (Lipinski definition) is 1. The highest BCUT2D eigenvalue weighted by atomic mass is 32.2. The lowest BCUT2D eigenvalue weighted by atomic mass is 10.1. The van der Waals surface area contributed by atoms with Gasteiger partial charge in [0.1, 0.15) is 6.42 Å². The van der Waals surface area contributed by atoms with Crippen LogP contribution in [0, 0.1) is 6.42 Å². The van der Waals surface area contributed by atoms with Crippen molar-refractivity contribution in [2.45, 2.75) is 42.7 Å². The molecule has 1 aromatic heterocycles. The summed E-state index contributed by atoms with van der Waals surface area (Å²) in [7, 11) is 0. The molecule has 8 heteroatoms. The maximum absolute atomic E-state index is 13.2. The molecule has 21 heavy (non-hydrogen) atoms. The molecule has 2 rings (SSSR count). The van der Waals surface area contributed by atoms with Crippen molar-refractivity contribution in [3.05, 3.63) is 29.9 Å². The van der Waals surface area contributed by atoms with Crippen molar-refractivity contribution in [2.24, 2.45) is 0 Å². The standard InChI is InChI=1S/C13H14F5NOS/c1-2-21-11-5-9(8-3-4-8)7-19(20)10(11)6-12(14,15)13(16,17)18/h5-8,20H,2-4H2,1H3/q+1. The summed E-state index contributed by atoms with van der Waals surface area (Å²) in [5.41, 5.74) is 0.217. The number of thioether (sulfide) groups is 1. The molecule has 1 N–H and O–H groups in total. The average Bonchev–Trinajstić information content (AvgIpc) is 3.16. The van der Waals surface area contributed by atoms with Gasteiger partial charge in [0, 0.05) is 10.3 Å². The van der Waals surface area contributed by atoms with E-state index in [-0.39, 0.29) is 17.2 Å². The molecular weight excluding hydrogens is 313 g/mol. The van der Waals surface area contributed by atoms with E-state index >= 15 is 0 Å². The van der Waals surface area contributed by atoms with E-state index in [1.54, 1.807) is 13.0 Å². The van der Waals surface area contributed by atoms with E-state index < -0.39 is 17.8 Å². The molecule has 2 nitrogen and oxygen atoms in total. The minimum Gasteiger partial charge on any atom is -0.285 e. The van der Waals surface area contributed by atoms with Crippen LogP contribution in [0.3, 0.4) is 0 Å². The van der Waals surface area contributed by atoms with Crippen LogP contribution in [0.1, 0.15) is 36.9 Å². The Labute approximate surface area is 122 Å². The first-order valence-corrected chi connectivity index (χ1v) is 7.36. The first-order chi connectivity index (χ1) is 9.65. The van der Waals surface area contributed by atoms with Gasteiger partial charge in [0.25, 0.3) is 5.69 Å². The zero-order valence-corrected chi connectivity index (χ0v) is 11.9. The number of hydrogen-bond acceptors (Lipinski definition) is 2. The number of halogens is 5. The van der Waals surface area contributed by atoms with Gasteiger partial charge >= 0.3 is 12.1 Å². The minimum absolute atomic E-state index is 0.216. The number of aromatic nitrogens is 1. The highest BCUT2D eigenvalue weighted by Crippen LogP contribution is 2.43. The van der Waals surface area contributed by atoms with E-state index in [1.165, 1.54) is 6.20 Å². The summed E-state index contributed by atoms with van der Waals surface area (Å²) in [5, 5.41) is 9.78. The Morgan fingerprint density at radius 3 is 2.43 bits per heavy atom. The van der Waals surface area contributed by atoms with Gasteiger partial charge in [-0.1, -0.05) is 6.92 Å². The SMILES string of the molecule is CCSc1cc(C2CC2)c[n+](O)c1[CH]C(F)(F)C(F)(F)F. The molecule has 0 aromatic carbocycles. The molecule has 0 bridgehead atoms. The molecule has 0 spiro atoms. The van der Waals surface area contributed by atoms with Crippen LogP contribution in [0.2, 0.25) is 0 Å². The van der Waals surface area contributed by atoms with Gasteiger partial charge in [-0.25, -0.2) is 0 Å². The molecule has 1 aliphatic rings. The van der Waals surface area contributed by atoms with E-state index in [1.807, 2.05) is 0 Å². The van der Waals surface area contributed by atoms with Crippen LogP contribution in [0.4, 0.5) is 22.0 Å². The van der Waals surface area contributed by atoms with Crippen molar-refractivity contribution in [1.29, 1.82) is 0 Å². The topological polar surface area (TPSA) is 24.1 Å². The molecular formula is C13H14F5NOS+. The number of rotatable bonds is 5. The van der Waals surface area contributed by atoms with Crippen molar-refractivity contribution >= 4 is 11.8 Å². The van der Waals surface area contributed by atoms with Gasteiger partial charge in [0.05, 0.1) is 4.90 Å². The average molecular weight is 327 g/mol. The minimum atomic E-state index is -5.69. The molecule has 1 heterocycles. The summed E-state index contributed by atoms with van der Waals surface area (Å²) in [4.78, 5) is 0.216. The highest BCUT2D eigenvalue weighted by molar-refractivity contribution is 7.99. The predicted molar refractivity (Wildman–Crippen MR) is 66.6 cm³/mol. The molecule has 0 amide bonds. The summed E-state index contributed by atoms with van der Waals surface area (Å²) in [6.07, 6.45) is -2.86. The van der Waals surface area contributed by atoms with Gasteiger partial charge < -0.3 is 0 Å². The molecule has 117 valence electrons. The second-order valence-corrected chi connectivity index (χ2v) is 6.15. The lowest BCUT2D eigenvalue weighted by Gasteiger charge is -2.18. The van der Waals surface area contributed by atoms with Crippen LogP contribution >= 0.6 is 11.8 Å². The van der Waals surface area contributed by atoms with Gasteiger partial charge in [0.15, 0.2) is 0 Å². The third-order valence-corrected chi connectivity index (χ3v) is 4.04. The van der Waals surface area contributed by atoms with Gasteiger partial charge in [-0.2, -0.15) is 22.0 Å². The summed E-state index contributed by atoms with van der Waals surface area (Å²) >= 11 is 1.11. The summed E-state index contributed by atoms with van der Waals surface area (Å²) in [5.74, 6) is -4.26. The monoisotopic (exact) mass is 327 g/mol. The lowest BCUT2D eigenvalue weighted by molar-refractivity contribution is -0.909. The molecule has 1 fully saturated rings. The lowest BCUT2D eigenvalue weighted by Crippen LogP contribution is -2.43. The van der Waals surface area contributed by atoms with E-state index in [0.717, 1.165) is 30.2 Å². The maximum Gasteiger partial charge on any atom is 0.454 e. The largest absolute Gasteiger partial charge is 0.454 e. The Kier molecular flexibility index (Phi) is 4.37. The normalized spacial score (nSPS) is 16.3. The fourth-order valence-corrected chi connectivity index (χ4v) is 2.72. The number of nitrogens with zero attached hydrogens (tertiary/aromatic N) is 1. The molecule has 1 saturated carbocycles. The quantitative estimate of drug-likeness (QED) is 0.383. The molecule has 1 aliphatic carbocycles. The van der Waals surface area contributed by atoms with Gasteiger partial charge in [-0.05, 0) is 30.6 Å². The third kappa shape index (κ3) is 3.59. The van der Waals surface area contributed by atoms with Crippen LogP contribution < -0.4 is 4.73 Å². The molecule has 0 unspecified atom stereocenters. The summed E-state index contributed by atoms with van der Waals surface area (Å²) in [6.45, 7) is 1.75. The summed E-state index contributed by atoms with van der Waals surface area (Å²) in [6, 6.07) is 1.58. The zero-order valence-electron chi connectivity index (χ0n) is 11.1. The Bertz CT molecular complexity index is 528. The second kappa shape index (κ2) is 5.62. The van der Waals surface area contributed by atoms with Crippen LogP contribution in [-0.2, 0) is 0 Å². The fraction of sp³-hybridized carbons (Fsp3) is 0.538. The van der Waals surface area contributed by atoms with Crippen molar-refractivity contribution < 1.29 is 31.9 Å². The molecule has 0 atom stereocenters. The molecule has 1 aromatic rings.